The summed E-state index contributed by atoms with van der Waals surface area (Å²) < 4.78 is 7.66. The van der Waals surface area contributed by atoms with Gasteiger partial charge in [0.1, 0.15) is 0 Å². The number of ether oxygens (including phenoxy) is 1. The maximum atomic E-state index is 12.7. The first-order valence-corrected chi connectivity index (χ1v) is 12.0. The van der Waals surface area contributed by atoms with Gasteiger partial charge in [-0.15, -0.1) is 0 Å². The zero-order chi connectivity index (χ0) is 22.7. The van der Waals surface area contributed by atoms with Crippen LogP contribution in [0.4, 0.5) is 5.82 Å². The van der Waals surface area contributed by atoms with Gasteiger partial charge in [0.15, 0.2) is 11.5 Å². The predicted molar refractivity (Wildman–Crippen MR) is 130 cm³/mol. The number of anilines is 1. The molecule has 2 heterocycles. The molecule has 0 aliphatic carbocycles. The maximum Gasteiger partial charge on any atom is 0.360 e. The number of hydrogen-bond donors (Lipinski definition) is 0. The Hall–Kier alpha value is -2.64. The van der Waals surface area contributed by atoms with Gasteiger partial charge in [0.25, 0.3) is 0 Å². The second-order valence-corrected chi connectivity index (χ2v) is 9.22. The van der Waals surface area contributed by atoms with Gasteiger partial charge in [-0.1, -0.05) is 19.1 Å². The van der Waals surface area contributed by atoms with Crippen molar-refractivity contribution < 1.29 is 9.53 Å². The van der Waals surface area contributed by atoms with Gasteiger partial charge < -0.3 is 9.64 Å². The number of aromatic nitrogens is 2. The van der Waals surface area contributed by atoms with E-state index in [0.717, 1.165) is 54.8 Å². The average Bonchev–Trinajstić information content (AvgIpc) is 2.80. The summed E-state index contributed by atoms with van der Waals surface area (Å²) in [6.07, 6.45) is 1.05. The Kier molecular flexibility index (Phi) is 6.96. The molecule has 1 fully saturated rings. The molecule has 0 amide bonds. The van der Waals surface area contributed by atoms with E-state index >= 15 is 0 Å². The number of rotatable bonds is 6. The first-order valence-electron chi connectivity index (χ1n) is 11.2. The molecule has 0 radical (unpaired) electrons. The lowest BCUT2D eigenvalue weighted by Gasteiger charge is -2.35. The highest BCUT2D eigenvalue weighted by atomic mass is 32.2. The highest BCUT2D eigenvalue weighted by molar-refractivity contribution is 7.97. The Morgan fingerprint density at radius 2 is 1.59 bits per heavy atom. The Morgan fingerprint density at radius 1 is 0.969 bits per heavy atom. The fourth-order valence-corrected chi connectivity index (χ4v) is 4.69. The largest absolute Gasteiger partial charge is 0.461 e. The molecule has 3 aromatic rings. The van der Waals surface area contributed by atoms with Crippen LogP contribution in [0.25, 0.3) is 11.0 Å². The number of esters is 1. The standard InChI is InChI=1S/C25H30N4O2S/c1-5-19-7-9-20(10-8-19)32-29-13-11-28(12-14-29)24-23(25(30)31-6-2)26-21-15-17(3)18(4)16-22(21)27-24/h7-10,15-16H,5-6,11-14H2,1-4H3. The van der Waals surface area contributed by atoms with Crippen LogP contribution in [0.3, 0.4) is 0 Å². The van der Waals surface area contributed by atoms with E-state index in [-0.39, 0.29) is 0 Å². The van der Waals surface area contributed by atoms with E-state index < -0.39 is 5.97 Å². The van der Waals surface area contributed by atoms with Gasteiger partial charge in [-0.3, -0.25) is 0 Å². The summed E-state index contributed by atoms with van der Waals surface area (Å²) in [6.45, 7) is 11.7. The zero-order valence-electron chi connectivity index (χ0n) is 19.2. The van der Waals surface area contributed by atoms with E-state index in [1.165, 1.54) is 10.5 Å². The van der Waals surface area contributed by atoms with Crippen LogP contribution in [0.15, 0.2) is 41.3 Å². The average molecular weight is 451 g/mol. The summed E-state index contributed by atoms with van der Waals surface area (Å²) in [4.78, 5) is 25.6. The van der Waals surface area contributed by atoms with E-state index in [2.05, 4.69) is 52.3 Å². The van der Waals surface area contributed by atoms with Crippen molar-refractivity contribution in [2.75, 3.05) is 37.7 Å². The van der Waals surface area contributed by atoms with E-state index in [0.29, 0.717) is 18.1 Å². The molecule has 0 bridgehead atoms. The third-order valence-corrected chi connectivity index (χ3v) is 6.94. The lowest BCUT2D eigenvalue weighted by Crippen LogP contribution is -2.44. The molecule has 32 heavy (non-hydrogen) atoms. The molecule has 6 nitrogen and oxygen atoms in total. The topological polar surface area (TPSA) is 58.6 Å². The summed E-state index contributed by atoms with van der Waals surface area (Å²) in [6, 6.07) is 12.8. The maximum absolute atomic E-state index is 12.7. The molecule has 4 rings (SSSR count). The molecule has 1 saturated heterocycles. The van der Waals surface area contributed by atoms with Crippen molar-refractivity contribution >= 4 is 34.8 Å². The predicted octanol–water partition coefficient (Wildman–Crippen LogP) is 4.82. The van der Waals surface area contributed by atoms with Gasteiger partial charge >= 0.3 is 5.97 Å². The van der Waals surface area contributed by atoms with Gasteiger partial charge in [-0.2, -0.15) is 0 Å². The third kappa shape index (κ3) is 4.89. The molecule has 1 aliphatic heterocycles. The van der Waals surface area contributed by atoms with Crippen LogP contribution in [0.2, 0.25) is 0 Å². The molecule has 0 N–H and O–H groups in total. The third-order valence-electron chi connectivity index (χ3n) is 5.83. The highest BCUT2D eigenvalue weighted by Crippen LogP contribution is 2.28. The molecule has 1 aliphatic rings. The number of aryl methyl sites for hydroxylation is 3. The fourth-order valence-electron chi connectivity index (χ4n) is 3.79. The van der Waals surface area contributed by atoms with Gasteiger partial charge in [-0.25, -0.2) is 19.1 Å². The van der Waals surface area contributed by atoms with Crippen LogP contribution in [-0.4, -0.2) is 53.0 Å². The SMILES string of the molecule is CCOC(=O)c1nc2cc(C)c(C)cc2nc1N1CCN(Sc2ccc(CC)cc2)CC1. The van der Waals surface area contributed by atoms with Crippen LogP contribution >= 0.6 is 11.9 Å². The molecule has 168 valence electrons. The van der Waals surface area contributed by atoms with E-state index in [9.17, 15) is 4.79 Å². The van der Waals surface area contributed by atoms with E-state index in [1.807, 2.05) is 26.0 Å². The van der Waals surface area contributed by atoms with Crippen molar-refractivity contribution in [3.63, 3.8) is 0 Å². The molecule has 1 aromatic heterocycles. The Balaban J connectivity index is 1.55. The second kappa shape index (κ2) is 9.88. The molecule has 0 saturated carbocycles. The summed E-state index contributed by atoms with van der Waals surface area (Å²) in [5, 5.41) is 0. The number of carbonyl (C=O) groups excluding carboxylic acids is 1. The Labute approximate surface area is 194 Å². The number of piperazine rings is 1. The van der Waals surface area contributed by atoms with Crippen molar-refractivity contribution in [1.29, 1.82) is 0 Å². The number of benzene rings is 2. The quantitative estimate of drug-likeness (QED) is 0.394. The zero-order valence-corrected chi connectivity index (χ0v) is 20.0. The monoisotopic (exact) mass is 450 g/mol. The summed E-state index contributed by atoms with van der Waals surface area (Å²) in [5.74, 6) is 0.207. The number of carbonyl (C=O) groups is 1. The number of nitrogens with zero attached hydrogens (tertiary/aromatic N) is 4. The van der Waals surface area contributed by atoms with Crippen LogP contribution in [-0.2, 0) is 11.2 Å². The first kappa shape index (κ1) is 22.6. The molecule has 2 aromatic carbocycles. The minimum absolute atomic E-state index is 0.305. The van der Waals surface area contributed by atoms with Crippen LogP contribution in [0, 0.1) is 13.8 Å². The normalized spacial score (nSPS) is 14.7. The van der Waals surface area contributed by atoms with Crippen molar-refractivity contribution in [3.05, 3.63) is 58.8 Å². The van der Waals surface area contributed by atoms with Gasteiger partial charge in [0.2, 0.25) is 0 Å². The van der Waals surface area contributed by atoms with Crippen LogP contribution in [0.1, 0.15) is 41.0 Å². The lowest BCUT2D eigenvalue weighted by molar-refractivity contribution is 0.0520. The minimum Gasteiger partial charge on any atom is -0.461 e. The highest BCUT2D eigenvalue weighted by Gasteiger charge is 2.26. The smallest absolute Gasteiger partial charge is 0.360 e. The molecule has 7 heteroatoms. The number of hydrogen-bond acceptors (Lipinski definition) is 7. The minimum atomic E-state index is -0.414. The molecule has 0 atom stereocenters. The summed E-state index contributed by atoms with van der Waals surface area (Å²) in [7, 11) is 0. The Morgan fingerprint density at radius 3 is 2.19 bits per heavy atom. The van der Waals surface area contributed by atoms with Gasteiger partial charge in [-0.05, 0) is 80.1 Å². The van der Waals surface area contributed by atoms with Crippen molar-refractivity contribution in [2.24, 2.45) is 0 Å². The number of fused-ring (bicyclic) bond motifs is 1. The van der Waals surface area contributed by atoms with Crippen LogP contribution < -0.4 is 4.90 Å². The van der Waals surface area contributed by atoms with Crippen molar-refractivity contribution in [1.82, 2.24) is 14.3 Å². The molecular weight excluding hydrogens is 420 g/mol. The Bertz CT molecular complexity index is 1110. The van der Waals surface area contributed by atoms with Crippen molar-refractivity contribution in [3.8, 4) is 0 Å². The van der Waals surface area contributed by atoms with Gasteiger partial charge in [0, 0.05) is 31.1 Å². The molecule has 0 unspecified atom stereocenters. The van der Waals surface area contributed by atoms with Crippen LogP contribution in [0.5, 0.6) is 0 Å². The summed E-state index contributed by atoms with van der Waals surface area (Å²) >= 11 is 1.78. The van der Waals surface area contributed by atoms with Gasteiger partial charge in [0.05, 0.1) is 17.6 Å². The van der Waals surface area contributed by atoms with E-state index in [1.54, 1.807) is 11.9 Å². The molecule has 0 spiro atoms. The second-order valence-electron chi connectivity index (χ2n) is 8.05. The lowest BCUT2D eigenvalue weighted by atomic mass is 10.1. The first-order chi connectivity index (χ1) is 15.5. The van der Waals surface area contributed by atoms with Crippen molar-refractivity contribution in [2.45, 2.75) is 39.0 Å². The van der Waals surface area contributed by atoms with E-state index in [4.69, 9.17) is 9.72 Å². The fraction of sp³-hybridized carbons (Fsp3) is 0.400. The molecular formula is C25H30N4O2S. The summed E-state index contributed by atoms with van der Waals surface area (Å²) in [5.41, 5.74) is 5.49.